The number of hydrogen-bond donors (Lipinski definition) is 2. The van der Waals surface area contributed by atoms with E-state index < -0.39 is 0 Å². The number of unbranched alkanes of at least 4 members (excludes halogenated alkanes) is 1. The highest BCUT2D eigenvalue weighted by Gasteiger charge is 2.13. The summed E-state index contributed by atoms with van der Waals surface area (Å²) in [6, 6.07) is 2.70. The molecule has 0 atom stereocenters. The maximum absolute atomic E-state index is 11.8. The Hall–Kier alpha value is -1.97. The lowest BCUT2D eigenvalue weighted by Gasteiger charge is -2.08. The second-order valence-electron chi connectivity index (χ2n) is 4.43. The summed E-state index contributed by atoms with van der Waals surface area (Å²) in [4.78, 5) is 11.8. The summed E-state index contributed by atoms with van der Waals surface area (Å²) in [6.07, 6.45) is 2.58. The normalized spacial score (nSPS) is 11.0. The van der Waals surface area contributed by atoms with E-state index in [9.17, 15) is 15.0 Å². The molecule has 96 valence electrons. The van der Waals surface area contributed by atoms with Crippen LogP contribution in [-0.2, 0) is 6.42 Å². The summed E-state index contributed by atoms with van der Waals surface area (Å²) in [5, 5.41) is 19.6. The average Bonchev–Trinajstić information content (AvgIpc) is 2.32. The van der Waals surface area contributed by atoms with Crippen molar-refractivity contribution < 1.29 is 14.6 Å². The summed E-state index contributed by atoms with van der Waals surface area (Å²) < 4.78 is 5.18. The fourth-order valence-corrected chi connectivity index (χ4v) is 2.06. The van der Waals surface area contributed by atoms with Crippen molar-refractivity contribution in [1.82, 2.24) is 0 Å². The second-order valence-corrected chi connectivity index (χ2v) is 4.43. The van der Waals surface area contributed by atoms with Crippen molar-refractivity contribution >= 4 is 11.0 Å². The number of phenolic OH excluding ortho intramolecular Hbond substituents is 2. The Kier molecular flexibility index (Phi) is 3.28. The highest BCUT2D eigenvalue weighted by atomic mass is 16.4. The van der Waals surface area contributed by atoms with Crippen molar-refractivity contribution in [2.24, 2.45) is 0 Å². The molecule has 0 aliphatic carbocycles. The van der Waals surface area contributed by atoms with Crippen LogP contribution < -0.4 is 5.63 Å². The lowest BCUT2D eigenvalue weighted by molar-refractivity contribution is 0.403. The van der Waals surface area contributed by atoms with Gasteiger partial charge in [0.05, 0.1) is 0 Å². The molecule has 2 aromatic rings. The minimum atomic E-state index is -0.362. The molecule has 1 aromatic heterocycles. The summed E-state index contributed by atoms with van der Waals surface area (Å²) >= 11 is 0. The Morgan fingerprint density at radius 1 is 1.22 bits per heavy atom. The second kappa shape index (κ2) is 4.72. The molecule has 4 nitrogen and oxygen atoms in total. The fraction of sp³-hybridized carbons (Fsp3) is 0.357. The molecule has 2 N–H and O–H groups in total. The van der Waals surface area contributed by atoms with E-state index in [0.717, 1.165) is 18.4 Å². The molecule has 0 unspecified atom stereocenters. The van der Waals surface area contributed by atoms with E-state index in [4.69, 9.17) is 4.42 Å². The number of fused-ring (bicyclic) bond motifs is 1. The Morgan fingerprint density at radius 2 is 1.89 bits per heavy atom. The first-order chi connectivity index (χ1) is 8.54. The van der Waals surface area contributed by atoms with E-state index in [-0.39, 0.29) is 17.1 Å². The first kappa shape index (κ1) is 12.5. The zero-order valence-corrected chi connectivity index (χ0v) is 10.5. The quantitative estimate of drug-likeness (QED) is 0.647. The zero-order valence-electron chi connectivity index (χ0n) is 10.5. The van der Waals surface area contributed by atoms with Crippen LogP contribution in [0.2, 0.25) is 0 Å². The summed E-state index contributed by atoms with van der Waals surface area (Å²) in [5.74, 6) is -0.493. The third-order valence-corrected chi connectivity index (χ3v) is 3.16. The first-order valence-electron chi connectivity index (χ1n) is 6.02. The number of hydrogen-bond acceptors (Lipinski definition) is 4. The molecule has 1 aromatic carbocycles. The van der Waals surface area contributed by atoms with Crippen LogP contribution in [0.15, 0.2) is 21.3 Å². The van der Waals surface area contributed by atoms with Gasteiger partial charge in [-0.15, -0.1) is 0 Å². The predicted octanol–water partition coefficient (Wildman–Crippen LogP) is 2.86. The molecular weight excluding hydrogens is 232 g/mol. The van der Waals surface area contributed by atoms with Crippen LogP contribution in [0, 0.1) is 6.92 Å². The van der Waals surface area contributed by atoms with Gasteiger partial charge in [0, 0.05) is 17.0 Å². The molecule has 0 bridgehead atoms. The minimum absolute atomic E-state index is 0.208. The van der Waals surface area contributed by atoms with Crippen molar-refractivity contribution in [3.05, 3.63) is 33.7 Å². The number of rotatable bonds is 3. The molecule has 0 amide bonds. The molecule has 2 rings (SSSR count). The van der Waals surface area contributed by atoms with Gasteiger partial charge in [0.25, 0.3) is 0 Å². The van der Waals surface area contributed by atoms with Gasteiger partial charge in [-0.1, -0.05) is 13.3 Å². The predicted molar refractivity (Wildman–Crippen MR) is 69.2 cm³/mol. The van der Waals surface area contributed by atoms with Crippen LogP contribution in [-0.4, -0.2) is 10.2 Å². The smallest absolute Gasteiger partial charge is 0.339 e. The molecule has 4 heteroatoms. The maximum Gasteiger partial charge on any atom is 0.339 e. The Balaban J connectivity index is 2.69. The maximum atomic E-state index is 11.8. The van der Waals surface area contributed by atoms with Crippen molar-refractivity contribution in [3.8, 4) is 11.5 Å². The van der Waals surface area contributed by atoms with Gasteiger partial charge in [0.1, 0.15) is 5.58 Å². The number of benzene rings is 1. The molecule has 0 spiro atoms. The SMILES string of the molecule is CCCCc1c(C)c2cc(O)c(O)cc2oc1=O. The van der Waals surface area contributed by atoms with E-state index in [1.54, 1.807) is 0 Å². The fourth-order valence-electron chi connectivity index (χ4n) is 2.06. The standard InChI is InChI=1S/C14H16O4/c1-3-4-5-9-8(2)10-6-11(15)12(16)7-13(10)18-14(9)17/h6-7,15-16H,3-5H2,1-2H3. The van der Waals surface area contributed by atoms with Crippen LogP contribution in [0.3, 0.4) is 0 Å². The van der Waals surface area contributed by atoms with E-state index in [2.05, 4.69) is 6.92 Å². The van der Waals surface area contributed by atoms with E-state index >= 15 is 0 Å². The van der Waals surface area contributed by atoms with Crippen LogP contribution in [0.4, 0.5) is 0 Å². The van der Waals surface area contributed by atoms with Gasteiger partial charge in [-0.05, 0) is 31.4 Å². The van der Waals surface area contributed by atoms with Crippen molar-refractivity contribution in [2.75, 3.05) is 0 Å². The average molecular weight is 248 g/mol. The zero-order chi connectivity index (χ0) is 13.3. The molecular formula is C14H16O4. The van der Waals surface area contributed by atoms with Crippen molar-refractivity contribution in [3.63, 3.8) is 0 Å². The highest BCUT2D eigenvalue weighted by molar-refractivity contribution is 5.84. The molecule has 0 aliphatic rings. The monoisotopic (exact) mass is 248 g/mol. The molecule has 0 saturated carbocycles. The van der Waals surface area contributed by atoms with Gasteiger partial charge in [-0.2, -0.15) is 0 Å². The summed E-state index contributed by atoms with van der Waals surface area (Å²) in [6.45, 7) is 3.89. The lowest BCUT2D eigenvalue weighted by atomic mass is 10.0. The van der Waals surface area contributed by atoms with Crippen molar-refractivity contribution in [2.45, 2.75) is 33.1 Å². The Morgan fingerprint density at radius 3 is 2.56 bits per heavy atom. The van der Waals surface area contributed by atoms with E-state index in [1.165, 1.54) is 12.1 Å². The lowest BCUT2D eigenvalue weighted by Crippen LogP contribution is -2.10. The van der Waals surface area contributed by atoms with Crippen LogP contribution in [0.5, 0.6) is 11.5 Å². The van der Waals surface area contributed by atoms with Gasteiger partial charge in [-0.3, -0.25) is 0 Å². The first-order valence-corrected chi connectivity index (χ1v) is 6.02. The van der Waals surface area contributed by atoms with Gasteiger partial charge >= 0.3 is 5.63 Å². The third kappa shape index (κ3) is 2.06. The summed E-state index contributed by atoms with van der Waals surface area (Å²) in [5.41, 5.74) is 1.39. The topological polar surface area (TPSA) is 70.7 Å². The summed E-state index contributed by atoms with van der Waals surface area (Å²) in [7, 11) is 0. The number of aromatic hydroxyl groups is 2. The van der Waals surface area contributed by atoms with Crippen LogP contribution in [0.1, 0.15) is 30.9 Å². The highest BCUT2D eigenvalue weighted by Crippen LogP contribution is 2.31. The van der Waals surface area contributed by atoms with Gasteiger partial charge in [0.2, 0.25) is 0 Å². The largest absolute Gasteiger partial charge is 0.504 e. The Bertz CT molecular complexity index is 640. The molecule has 18 heavy (non-hydrogen) atoms. The molecule has 0 aliphatic heterocycles. The van der Waals surface area contributed by atoms with E-state index in [1.807, 2.05) is 6.92 Å². The van der Waals surface area contributed by atoms with Crippen LogP contribution >= 0.6 is 0 Å². The molecule has 1 heterocycles. The Labute approximate surface area is 104 Å². The van der Waals surface area contributed by atoms with Gasteiger partial charge < -0.3 is 14.6 Å². The number of aryl methyl sites for hydroxylation is 1. The van der Waals surface area contributed by atoms with Gasteiger partial charge in [0.15, 0.2) is 11.5 Å². The minimum Gasteiger partial charge on any atom is -0.504 e. The van der Waals surface area contributed by atoms with Crippen LogP contribution in [0.25, 0.3) is 11.0 Å². The third-order valence-electron chi connectivity index (χ3n) is 3.16. The molecule has 0 saturated heterocycles. The number of phenols is 2. The molecule has 0 fully saturated rings. The van der Waals surface area contributed by atoms with Gasteiger partial charge in [-0.25, -0.2) is 4.79 Å². The molecule has 0 radical (unpaired) electrons. The van der Waals surface area contributed by atoms with E-state index in [0.29, 0.717) is 23.0 Å². The van der Waals surface area contributed by atoms with Crippen molar-refractivity contribution in [1.29, 1.82) is 0 Å².